The van der Waals surface area contributed by atoms with Crippen molar-refractivity contribution in [3.05, 3.63) is 68.1 Å². The molecule has 1 fully saturated rings. The lowest BCUT2D eigenvalue weighted by Crippen LogP contribution is -2.50. The van der Waals surface area contributed by atoms with E-state index in [4.69, 9.17) is 23.2 Å². The van der Waals surface area contributed by atoms with Crippen LogP contribution in [0.15, 0.2) is 46.9 Å². The maximum Gasteiger partial charge on any atom is 0.242 e. The average molecular weight is 526 g/mol. The van der Waals surface area contributed by atoms with Crippen LogP contribution in [-0.4, -0.2) is 28.8 Å². The van der Waals surface area contributed by atoms with Gasteiger partial charge in [0, 0.05) is 27.1 Å². The largest absolute Gasteiger partial charge is 0.352 e. The van der Waals surface area contributed by atoms with Crippen LogP contribution >= 0.6 is 39.1 Å². The van der Waals surface area contributed by atoms with Gasteiger partial charge in [0.05, 0.1) is 6.42 Å². The average Bonchev–Trinajstić information content (AvgIpc) is 2.75. The van der Waals surface area contributed by atoms with E-state index in [1.54, 1.807) is 30.0 Å². The highest BCUT2D eigenvalue weighted by molar-refractivity contribution is 9.10. The Morgan fingerprint density at radius 1 is 1.10 bits per heavy atom. The third kappa shape index (κ3) is 6.96. The standard InChI is InChI=1S/C24H27BrCl2N2O2/c1-16(24(31)28-21-5-3-2-4-6-21)29(15-17-7-10-19(25)11-8-17)23(30)13-18-9-12-20(26)14-22(18)27/h7-12,14,16,21H,2-6,13,15H2,1H3,(H,28,31)/t16-/m1/s1. The lowest BCUT2D eigenvalue weighted by atomic mass is 9.95. The zero-order valence-corrected chi connectivity index (χ0v) is 20.6. The van der Waals surface area contributed by atoms with Crippen LogP contribution in [0.1, 0.15) is 50.2 Å². The number of nitrogens with zero attached hydrogens (tertiary/aromatic N) is 1. The number of rotatable bonds is 7. The van der Waals surface area contributed by atoms with E-state index in [9.17, 15) is 9.59 Å². The molecule has 31 heavy (non-hydrogen) atoms. The highest BCUT2D eigenvalue weighted by Gasteiger charge is 2.28. The number of nitrogens with one attached hydrogen (secondary N) is 1. The van der Waals surface area contributed by atoms with E-state index in [-0.39, 0.29) is 24.3 Å². The van der Waals surface area contributed by atoms with Crippen LogP contribution in [0.2, 0.25) is 10.0 Å². The zero-order valence-electron chi connectivity index (χ0n) is 17.5. The van der Waals surface area contributed by atoms with Crippen molar-refractivity contribution >= 4 is 50.9 Å². The van der Waals surface area contributed by atoms with Gasteiger partial charge in [0.2, 0.25) is 11.8 Å². The van der Waals surface area contributed by atoms with Crippen LogP contribution in [0.5, 0.6) is 0 Å². The Morgan fingerprint density at radius 2 is 1.77 bits per heavy atom. The third-order valence-electron chi connectivity index (χ3n) is 5.74. The molecule has 2 aromatic rings. The van der Waals surface area contributed by atoms with Crippen molar-refractivity contribution < 1.29 is 9.59 Å². The fourth-order valence-electron chi connectivity index (χ4n) is 3.87. The van der Waals surface area contributed by atoms with E-state index >= 15 is 0 Å². The van der Waals surface area contributed by atoms with Gasteiger partial charge in [0.25, 0.3) is 0 Å². The van der Waals surface area contributed by atoms with Gasteiger partial charge < -0.3 is 10.2 Å². The van der Waals surface area contributed by atoms with Crippen LogP contribution in [0.4, 0.5) is 0 Å². The molecule has 7 heteroatoms. The monoisotopic (exact) mass is 524 g/mol. The second kappa shape index (κ2) is 11.3. The first-order valence-corrected chi connectivity index (χ1v) is 12.2. The molecule has 3 rings (SSSR count). The van der Waals surface area contributed by atoms with Gasteiger partial charge in [-0.25, -0.2) is 0 Å². The molecule has 1 N–H and O–H groups in total. The molecule has 4 nitrogen and oxygen atoms in total. The molecule has 0 saturated heterocycles. The van der Waals surface area contributed by atoms with Crippen LogP contribution in [-0.2, 0) is 22.6 Å². The Labute approximate surface area is 202 Å². The Kier molecular flexibility index (Phi) is 8.82. The quantitative estimate of drug-likeness (QED) is 0.470. The van der Waals surface area contributed by atoms with Crippen molar-refractivity contribution in [2.75, 3.05) is 0 Å². The van der Waals surface area contributed by atoms with Crippen molar-refractivity contribution in [2.45, 2.75) is 64.1 Å². The van der Waals surface area contributed by atoms with E-state index in [1.165, 1.54) is 6.42 Å². The summed E-state index contributed by atoms with van der Waals surface area (Å²) in [6.45, 7) is 2.13. The molecule has 166 valence electrons. The maximum atomic E-state index is 13.3. The molecule has 2 aromatic carbocycles. The number of carbonyl (C=O) groups is 2. The Bertz CT molecular complexity index is 914. The van der Waals surface area contributed by atoms with Gasteiger partial charge >= 0.3 is 0 Å². The van der Waals surface area contributed by atoms with E-state index < -0.39 is 6.04 Å². The number of benzene rings is 2. The summed E-state index contributed by atoms with van der Waals surface area (Å²) in [5, 5.41) is 4.12. The van der Waals surface area contributed by atoms with Crippen LogP contribution in [0.25, 0.3) is 0 Å². The zero-order chi connectivity index (χ0) is 22.4. The molecular formula is C24H27BrCl2N2O2. The molecule has 0 unspecified atom stereocenters. The van der Waals surface area contributed by atoms with Gasteiger partial charge in [-0.15, -0.1) is 0 Å². The van der Waals surface area contributed by atoms with E-state index in [0.29, 0.717) is 22.2 Å². The molecule has 0 radical (unpaired) electrons. The second-order valence-corrected chi connectivity index (χ2v) is 9.84. The molecule has 1 saturated carbocycles. The lowest BCUT2D eigenvalue weighted by Gasteiger charge is -2.31. The number of amides is 2. The van der Waals surface area contributed by atoms with E-state index in [0.717, 1.165) is 35.7 Å². The number of hydrogen-bond donors (Lipinski definition) is 1. The van der Waals surface area contributed by atoms with Crippen molar-refractivity contribution in [1.82, 2.24) is 10.2 Å². The van der Waals surface area contributed by atoms with Crippen molar-refractivity contribution in [3.63, 3.8) is 0 Å². The summed E-state index contributed by atoms with van der Waals surface area (Å²) in [4.78, 5) is 27.9. The molecule has 0 heterocycles. The lowest BCUT2D eigenvalue weighted by molar-refractivity contribution is -0.140. The van der Waals surface area contributed by atoms with Crippen LogP contribution < -0.4 is 5.32 Å². The molecule has 1 aliphatic rings. The second-order valence-electron chi connectivity index (χ2n) is 8.08. The van der Waals surface area contributed by atoms with Crippen molar-refractivity contribution in [3.8, 4) is 0 Å². The Hall–Kier alpha value is -1.56. The summed E-state index contributed by atoms with van der Waals surface area (Å²) in [5.74, 6) is -0.266. The molecule has 0 spiro atoms. The predicted molar refractivity (Wildman–Crippen MR) is 129 cm³/mol. The summed E-state index contributed by atoms with van der Waals surface area (Å²) in [5.41, 5.74) is 1.65. The third-order valence-corrected chi connectivity index (χ3v) is 6.86. The van der Waals surface area contributed by atoms with Gasteiger partial charge in [-0.2, -0.15) is 0 Å². The summed E-state index contributed by atoms with van der Waals surface area (Å²) in [6.07, 6.45) is 5.59. The number of hydrogen-bond acceptors (Lipinski definition) is 2. The summed E-state index contributed by atoms with van der Waals surface area (Å²) >= 11 is 15.7. The molecule has 0 bridgehead atoms. The molecule has 1 aliphatic carbocycles. The highest BCUT2D eigenvalue weighted by atomic mass is 79.9. The summed E-state index contributed by atoms with van der Waals surface area (Å²) in [6, 6.07) is 12.5. The molecule has 0 aromatic heterocycles. The minimum Gasteiger partial charge on any atom is -0.352 e. The van der Waals surface area contributed by atoms with Gasteiger partial charge in [0.1, 0.15) is 6.04 Å². The first kappa shape index (κ1) is 24.1. The van der Waals surface area contributed by atoms with Crippen molar-refractivity contribution in [2.24, 2.45) is 0 Å². The minimum atomic E-state index is -0.593. The van der Waals surface area contributed by atoms with Gasteiger partial charge in [-0.3, -0.25) is 9.59 Å². The summed E-state index contributed by atoms with van der Waals surface area (Å²) < 4.78 is 0.963. The fraction of sp³-hybridized carbons (Fsp3) is 0.417. The van der Waals surface area contributed by atoms with Crippen molar-refractivity contribution in [1.29, 1.82) is 0 Å². The Balaban J connectivity index is 1.77. The Morgan fingerprint density at radius 3 is 2.42 bits per heavy atom. The minimum absolute atomic E-state index is 0.105. The molecule has 2 amide bonds. The van der Waals surface area contributed by atoms with Gasteiger partial charge in [-0.1, -0.05) is 76.6 Å². The highest BCUT2D eigenvalue weighted by Crippen LogP contribution is 2.23. The predicted octanol–water partition coefficient (Wildman–Crippen LogP) is 6.16. The maximum absolute atomic E-state index is 13.3. The smallest absolute Gasteiger partial charge is 0.242 e. The SMILES string of the molecule is C[C@H](C(=O)NC1CCCCC1)N(Cc1ccc(Br)cc1)C(=O)Cc1ccc(Cl)cc1Cl. The normalized spacial score (nSPS) is 15.4. The van der Waals surface area contributed by atoms with Crippen LogP contribution in [0.3, 0.4) is 0 Å². The van der Waals surface area contributed by atoms with E-state index in [1.807, 2.05) is 24.3 Å². The van der Waals surface area contributed by atoms with Crippen LogP contribution in [0, 0.1) is 0 Å². The van der Waals surface area contributed by atoms with E-state index in [2.05, 4.69) is 21.2 Å². The van der Waals surface area contributed by atoms with Gasteiger partial charge in [0.15, 0.2) is 0 Å². The molecular weight excluding hydrogens is 499 g/mol. The summed E-state index contributed by atoms with van der Waals surface area (Å²) in [7, 11) is 0. The fourth-order valence-corrected chi connectivity index (χ4v) is 4.61. The van der Waals surface area contributed by atoms with Gasteiger partial charge in [-0.05, 0) is 55.2 Å². The molecule has 1 atom stereocenters. The number of carbonyl (C=O) groups excluding carboxylic acids is 2. The first-order valence-electron chi connectivity index (χ1n) is 10.6. The topological polar surface area (TPSA) is 49.4 Å². The molecule has 0 aliphatic heterocycles. The number of halogens is 3. The first-order chi connectivity index (χ1) is 14.8.